The first-order chi connectivity index (χ1) is 18.2. The zero-order chi connectivity index (χ0) is 27.4. The Bertz CT molecular complexity index is 1160. The molecule has 2 aliphatic rings. The zero-order valence-corrected chi connectivity index (χ0v) is 22.7. The summed E-state index contributed by atoms with van der Waals surface area (Å²) in [6, 6.07) is 10.3. The lowest BCUT2D eigenvalue weighted by atomic mass is 9.99. The number of hydrogen-bond acceptors (Lipinski definition) is 7. The van der Waals surface area contributed by atoms with Crippen molar-refractivity contribution in [2.75, 3.05) is 38.9 Å². The van der Waals surface area contributed by atoms with Crippen LogP contribution < -0.4 is 24.8 Å². The molecule has 0 spiro atoms. The number of carbonyl (C=O) groups is 2. The van der Waals surface area contributed by atoms with E-state index >= 15 is 0 Å². The molecule has 0 fully saturated rings. The number of amides is 3. The van der Waals surface area contributed by atoms with Gasteiger partial charge in [0, 0.05) is 31.6 Å². The van der Waals surface area contributed by atoms with Gasteiger partial charge < -0.3 is 34.9 Å². The molecule has 206 valence electrons. The average molecular weight is 527 g/mol. The molecule has 2 heterocycles. The summed E-state index contributed by atoms with van der Waals surface area (Å²) >= 11 is 0. The second-order valence-electron chi connectivity index (χ2n) is 10.4. The van der Waals surface area contributed by atoms with E-state index in [1.54, 1.807) is 23.1 Å². The Morgan fingerprint density at radius 2 is 1.95 bits per heavy atom. The molecule has 4 rings (SSSR count). The first-order valence-corrected chi connectivity index (χ1v) is 13.0. The highest BCUT2D eigenvalue weighted by molar-refractivity contribution is 6.01. The minimum atomic E-state index is -0.378. The van der Waals surface area contributed by atoms with Crippen LogP contribution in [-0.2, 0) is 6.54 Å². The maximum atomic E-state index is 13.6. The molecule has 3 N–H and O–H groups in total. The molecule has 0 radical (unpaired) electrons. The third-order valence-electron chi connectivity index (χ3n) is 6.74. The van der Waals surface area contributed by atoms with Crippen LogP contribution in [-0.4, -0.2) is 78.6 Å². The van der Waals surface area contributed by atoms with Gasteiger partial charge in [0.25, 0.3) is 5.91 Å². The van der Waals surface area contributed by atoms with Crippen LogP contribution in [0.1, 0.15) is 43.6 Å². The number of carbonyl (C=O) groups excluding carboxylic acids is 2. The molecular formula is C28H38N4O6. The number of nitrogens with one attached hydrogen (secondary N) is 2. The van der Waals surface area contributed by atoms with Crippen LogP contribution in [0.3, 0.4) is 0 Å². The van der Waals surface area contributed by atoms with Gasteiger partial charge in [0.1, 0.15) is 6.10 Å². The Kier molecular flexibility index (Phi) is 8.63. The van der Waals surface area contributed by atoms with E-state index < -0.39 is 0 Å². The van der Waals surface area contributed by atoms with E-state index in [1.165, 1.54) is 0 Å². The first-order valence-electron chi connectivity index (χ1n) is 13.0. The van der Waals surface area contributed by atoms with Crippen molar-refractivity contribution in [1.82, 2.24) is 15.1 Å². The lowest BCUT2D eigenvalue weighted by molar-refractivity contribution is 0.0343. The third kappa shape index (κ3) is 6.31. The van der Waals surface area contributed by atoms with Gasteiger partial charge in [-0.15, -0.1) is 0 Å². The lowest BCUT2D eigenvalue weighted by Gasteiger charge is -2.38. The Balaban J connectivity index is 1.61. The molecule has 0 unspecified atom stereocenters. The van der Waals surface area contributed by atoms with Crippen molar-refractivity contribution in [1.29, 1.82) is 0 Å². The Morgan fingerprint density at radius 1 is 1.18 bits per heavy atom. The summed E-state index contributed by atoms with van der Waals surface area (Å²) in [5, 5.41) is 15.5. The molecule has 2 aromatic rings. The maximum absolute atomic E-state index is 13.6. The fourth-order valence-electron chi connectivity index (χ4n) is 4.70. The fourth-order valence-corrected chi connectivity index (χ4v) is 4.70. The number of hydrogen-bond donors (Lipinski definition) is 3. The summed E-state index contributed by atoms with van der Waals surface area (Å²) in [5.41, 5.74) is 1.85. The van der Waals surface area contributed by atoms with Gasteiger partial charge in [-0.05, 0) is 57.6 Å². The second kappa shape index (κ2) is 11.9. The van der Waals surface area contributed by atoms with Crippen LogP contribution in [0.2, 0.25) is 0 Å². The van der Waals surface area contributed by atoms with Gasteiger partial charge in [0.2, 0.25) is 6.79 Å². The summed E-state index contributed by atoms with van der Waals surface area (Å²) in [5.74, 6) is 1.52. The molecule has 0 aliphatic carbocycles. The minimum absolute atomic E-state index is 0.0541. The summed E-state index contributed by atoms with van der Waals surface area (Å²) in [6.45, 7) is 9.33. The van der Waals surface area contributed by atoms with Crippen LogP contribution >= 0.6 is 0 Å². The van der Waals surface area contributed by atoms with E-state index in [2.05, 4.69) is 15.5 Å². The number of ether oxygens (including phenoxy) is 3. The van der Waals surface area contributed by atoms with Crippen LogP contribution in [0.5, 0.6) is 17.2 Å². The van der Waals surface area contributed by atoms with Crippen molar-refractivity contribution in [3.05, 3.63) is 47.5 Å². The summed E-state index contributed by atoms with van der Waals surface area (Å²) < 4.78 is 17.5. The van der Waals surface area contributed by atoms with Gasteiger partial charge in [-0.1, -0.05) is 19.1 Å². The van der Waals surface area contributed by atoms with Gasteiger partial charge in [-0.3, -0.25) is 9.69 Å². The number of likely N-dealkylation sites (N-methyl/N-ethyl adjacent to an activating group) is 1. The maximum Gasteiger partial charge on any atom is 0.319 e. The van der Waals surface area contributed by atoms with Crippen LogP contribution in [0.4, 0.5) is 10.5 Å². The predicted molar refractivity (Wildman–Crippen MR) is 144 cm³/mol. The van der Waals surface area contributed by atoms with Crippen molar-refractivity contribution < 1.29 is 28.9 Å². The van der Waals surface area contributed by atoms with E-state index in [9.17, 15) is 14.7 Å². The van der Waals surface area contributed by atoms with E-state index in [-0.39, 0.29) is 49.4 Å². The fraction of sp³-hybridized carbons (Fsp3) is 0.500. The second-order valence-corrected chi connectivity index (χ2v) is 10.4. The summed E-state index contributed by atoms with van der Waals surface area (Å²) in [6.07, 6.45) is -0.301. The molecule has 38 heavy (non-hydrogen) atoms. The smallest absolute Gasteiger partial charge is 0.319 e. The van der Waals surface area contributed by atoms with Gasteiger partial charge in [0.15, 0.2) is 17.2 Å². The van der Waals surface area contributed by atoms with Crippen LogP contribution in [0.15, 0.2) is 36.4 Å². The number of nitrogens with zero attached hydrogens (tertiary/aromatic N) is 2. The highest BCUT2D eigenvalue weighted by atomic mass is 16.7. The molecule has 2 aromatic carbocycles. The number of aliphatic hydroxyl groups is 1. The van der Waals surface area contributed by atoms with E-state index in [0.29, 0.717) is 36.6 Å². The molecule has 10 heteroatoms. The molecular weight excluding hydrogens is 488 g/mol. The van der Waals surface area contributed by atoms with E-state index in [0.717, 1.165) is 17.1 Å². The third-order valence-corrected chi connectivity index (χ3v) is 6.74. The van der Waals surface area contributed by atoms with Gasteiger partial charge >= 0.3 is 6.03 Å². The number of urea groups is 1. The largest absolute Gasteiger partial charge is 0.486 e. The normalized spacial score (nSPS) is 19.5. The number of fused-ring (bicyclic) bond motifs is 2. The highest BCUT2D eigenvalue weighted by Crippen LogP contribution is 2.36. The first kappa shape index (κ1) is 27.5. The monoisotopic (exact) mass is 526 g/mol. The molecule has 2 aliphatic heterocycles. The summed E-state index contributed by atoms with van der Waals surface area (Å²) in [4.78, 5) is 30.0. The topological polar surface area (TPSA) is 113 Å². The van der Waals surface area contributed by atoms with Crippen molar-refractivity contribution in [2.24, 2.45) is 5.92 Å². The Morgan fingerprint density at radius 3 is 2.68 bits per heavy atom. The molecule has 0 aromatic heterocycles. The van der Waals surface area contributed by atoms with Crippen molar-refractivity contribution in [3.8, 4) is 17.2 Å². The standard InChI is InChI=1S/C28H38N4O6/c1-17(2)29-28(35)30-22-8-6-7-21-26(22)38-25(18(3)12-32(27(21)34)19(4)15-33)14-31(5)13-20-9-10-23-24(11-20)37-16-36-23/h6-11,17-19,25,33H,12-16H2,1-5H3,(H2,29,30,35)/t18-,19-,25-/m1/s1. The lowest BCUT2D eigenvalue weighted by Crippen LogP contribution is -2.49. The van der Waals surface area contributed by atoms with Gasteiger partial charge in [-0.25, -0.2) is 4.79 Å². The molecule has 0 bridgehead atoms. The van der Waals surface area contributed by atoms with E-state index in [4.69, 9.17) is 14.2 Å². The molecule has 10 nitrogen and oxygen atoms in total. The predicted octanol–water partition coefficient (Wildman–Crippen LogP) is 3.30. The van der Waals surface area contributed by atoms with Crippen molar-refractivity contribution in [2.45, 2.75) is 52.4 Å². The Labute approximate surface area is 223 Å². The molecule has 0 saturated heterocycles. The number of para-hydroxylation sites is 1. The zero-order valence-electron chi connectivity index (χ0n) is 22.7. The molecule has 3 atom stereocenters. The van der Waals surface area contributed by atoms with Crippen LogP contribution in [0, 0.1) is 5.92 Å². The molecule has 3 amide bonds. The number of aliphatic hydroxyl groups excluding tert-OH is 1. The minimum Gasteiger partial charge on any atom is -0.486 e. The molecule has 0 saturated carbocycles. The van der Waals surface area contributed by atoms with Gasteiger partial charge in [-0.2, -0.15) is 0 Å². The van der Waals surface area contributed by atoms with Crippen LogP contribution in [0.25, 0.3) is 0 Å². The van der Waals surface area contributed by atoms with Crippen molar-refractivity contribution in [3.63, 3.8) is 0 Å². The summed E-state index contributed by atoms with van der Waals surface area (Å²) in [7, 11) is 2.01. The number of rotatable bonds is 8. The quantitative estimate of drug-likeness (QED) is 0.484. The van der Waals surface area contributed by atoms with Gasteiger partial charge in [0.05, 0.1) is 23.9 Å². The average Bonchev–Trinajstić information content (AvgIpc) is 3.33. The SMILES string of the molecule is CC(C)NC(=O)Nc1cccc2c1O[C@H](CN(C)Cc1ccc3c(c1)OCO3)[C@H](C)CN([C@H](C)CO)C2=O. The Hall–Kier alpha value is -3.50. The highest BCUT2D eigenvalue weighted by Gasteiger charge is 2.34. The van der Waals surface area contributed by atoms with Crippen molar-refractivity contribution >= 4 is 17.6 Å². The number of benzene rings is 2. The number of anilines is 1. The van der Waals surface area contributed by atoms with E-state index in [1.807, 2.05) is 52.9 Å².